The van der Waals surface area contributed by atoms with Gasteiger partial charge in [-0.3, -0.25) is 4.98 Å². The third-order valence-corrected chi connectivity index (χ3v) is 6.88. The van der Waals surface area contributed by atoms with E-state index in [1.165, 1.54) is 31.4 Å². The largest absolute Gasteiger partial charge is 0.465 e. The van der Waals surface area contributed by atoms with E-state index < -0.39 is 21.9 Å². The van der Waals surface area contributed by atoms with E-state index >= 15 is 0 Å². The molecule has 3 rings (SSSR count). The molecule has 32 heavy (non-hydrogen) atoms. The van der Waals surface area contributed by atoms with E-state index in [1.807, 2.05) is 13.0 Å². The number of rotatable bonds is 9. The number of sulfone groups is 1. The highest BCUT2D eigenvalue weighted by atomic mass is 32.2. The highest BCUT2D eigenvalue weighted by molar-refractivity contribution is 7.91. The molecule has 1 aromatic heterocycles. The van der Waals surface area contributed by atoms with E-state index in [0.717, 1.165) is 11.1 Å². The van der Waals surface area contributed by atoms with Gasteiger partial charge >= 0.3 is 5.97 Å². The molecule has 168 valence electrons. The number of pyridine rings is 1. The fourth-order valence-electron chi connectivity index (χ4n) is 3.26. The van der Waals surface area contributed by atoms with Crippen LogP contribution >= 0.6 is 0 Å². The predicted molar refractivity (Wildman–Crippen MR) is 120 cm³/mol. The molecule has 2 N–H and O–H groups in total. The number of esters is 1. The molecule has 0 amide bonds. The molecule has 0 saturated carbocycles. The van der Waals surface area contributed by atoms with Crippen LogP contribution in [0.1, 0.15) is 34.5 Å². The molecule has 3 aromatic rings. The van der Waals surface area contributed by atoms with Gasteiger partial charge < -0.3 is 15.2 Å². The van der Waals surface area contributed by atoms with Crippen LogP contribution in [0.25, 0.3) is 0 Å². The number of methoxy groups -OCH3 is 1. The van der Waals surface area contributed by atoms with Crippen molar-refractivity contribution < 1.29 is 23.1 Å². The number of hydrogen-bond acceptors (Lipinski definition) is 7. The van der Waals surface area contributed by atoms with Crippen LogP contribution in [0, 0.1) is 0 Å². The second-order valence-corrected chi connectivity index (χ2v) is 9.43. The van der Waals surface area contributed by atoms with Crippen molar-refractivity contribution in [3.05, 3.63) is 89.7 Å². The molecule has 2 aromatic carbocycles. The molecule has 0 spiro atoms. The summed E-state index contributed by atoms with van der Waals surface area (Å²) in [5.41, 5.74) is 2.01. The number of aliphatic hydroxyl groups excluding tert-OH is 1. The lowest BCUT2D eigenvalue weighted by Crippen LogP contribution is -2.32. The van der Waals surface area contributed by atoms with E-state index in [-0.39, 0.29) is 21.4 Å². The number of hydrogen-bond donors (Lipinski definition) is 2. The van der Waals surface area contributed by atoms with Gasteiger partial charge in [-0.1, -0.05) is 18.2 Å². The van der Waals surface area contributed by atoms with Crippen molar-refractivity contribution in [1.29, 1.82) is 0 Å². The first-order valence-electron chi connectivity index (χ1n) is 10.1. The first-order chi connectivity index (χ1) is 15.3. The van der Waals surface area contributed by atoms with Gasteiger partial charge in [-0.05, 0) is 61.4 Å². The van der Waals surface area contributed by atoms with Crippen molar-refractivity contribution in [2.24, 2.45) is 0 Å². The number of carbonyl (C=O) groups is 1. The Kier molecular flexibility index (Phi) is 7.74. The van der Waals surface area contributed by atoms with Crippen molar-refractivity contribution in [1.82, 2.24) is 10.3 Å². The van der Waals surface area contributed by atoms with Gasteiger partial charge in [0, 0.05) is 30.5 Å². The van der Waals surface area contributed by atoms with Gasteiger partial charge in [0.2, 0.25) is 9.84 Å². The predicted octanol–water partition coefficient (Wildman–Crippen LogP) is 2.96. The van der Waals surface area contributed by atoms with Crippen molar-refractivity contribution in [2.45, 2.75) is 35.3 Å². The van der Waals surface area contributed by atoms with Crippen molar-refractivity contribution in [3.8, 4) is 0 Å². The summed E-state index contributed by atoms with van der Waals surface area (Å²) in [4.78, 5) is 15.8. The monoisotopic (exact) mass is 454 g/mol. The third-order valence-electron chi connectivity index (χ3n) is 5.09. The minimum atomic E-state index is -3.69. The number of nitrogens with one attached hydrogen (secondary N) is 1. The maximum Gasteiger partial charge on any atom is 0.337 e. The molecule has 0 bridgehead atoms. The highest BCUT2D eigenvalue weighted by Crippen LogP contribution is 2.22. The number of carbonyl (C=O) groups excluding carboxylic acids is 1. The minimum Gasteiger partial charge on any atom is -0.465 e. The SMILES string of the molecule is COC(=O)c1ccc(S(=O)(=O)c2ccc(C[C@@H](C)NC[C@H](O)c3cccnc3)cc2)cc1. The number of aliphatic hydroxyl groups is 1. The zero-order valence-electron chi connectivity index (χ0n) is 17.9. The van der Waals surface area contributed by atoms with E-state index in [1.54, 1.807) is 42.7 Å². The van der Waals surface area contributed by atoms with Gasteiger partial charge in [-0.15, -0.1) is 0 Å². The zero-order valence-corrected chi connectivity index (χ0v) is 18.7. The Morgan fingerprint density at radius 1 is 1.06 bits per heavy atom. The lowest BCUT2D eigenvalue weighted by Gasteiger charge is -2.17. The Morgan fingerprint density at radius 2 is 1.69 bits per heavy atom. The zero-order chi connectivity index (χ0) is 23.1. The summed E-state index contributed by atoms with van der Waals surface area (Å²) in [5, 5.41) is 13.5. The normalized spacial score (nSPS) is 13.3. The van der Waals surface area contributed by atoms with Gasteiger partial charge in [-0.25, -0.2) is 13.2 Å². The number of aromatic nitrogens is 1. The Balaban J connectivity index is 1.60. The van der Waals surface area contributed by atoms with Crippen LogP contribution in [0.4, 0.5) is 0 Å². The van der Waals surface area contributed by atoms with Crippen LogP contribution < -0.4 is 5.32 Å². The first kappa shape index (κ1) is 23.6. The number of ether oxygens (including phenoxy) is 1. The average Bonchev–Trinajstić information content (AvgIpc) is 2.83. The molecule has 0 saturated heterocycles. The molecule has 8 heteroatoms. The fraction of sp³-hybridized carbons (Fsp3) is 0.250. The smallest absolute Gasteiger partial charge is 0.337 e. The van der Waals surface area contributed by atoms with Gasteiger partial charge in [0.1, 0.15) is 0 Å². The molecule has 0 aliphatic rings. The summed E-state index contributed by atoms with van der Waals surface area (Å²) in [6.07, 6.45) is 3.32. The van der Waals surface area contributed by atoms with Gasteiger partial charge in [0.25, 0.3) is 0 Å². The van der Waals surface area contributed by atoms with Crippen LogP contribution in [0.3, 0.4) is 0 Å². The maximum absolute atomic E-state index is 12.9. The summed E-state index contributed by atoms with van der Waals surface area (Å²) in [5.74, 6) is -0.519. The Labute approximate surface area is 188 Å². The van der Waals surface area contributed by atoms with Crippen LogP contribution in [-0.4, -0.2) is 44.2 Å². The number of nitrogens with zero attached hydrogens (tertiary/aromatic N) is 1. The van der Waals surface area contributed by atoms with Gasteiger partial charge in [-0.2, -0.15) is 0 Å². The van der Waals surface area contributed by atoms with Crippen LogP contribution in [0.5, 0.6) is 0 Å². The maximum atomic E-state index is 12.9. The topological polar surface area (TPSA) is 106 Å². The van der Waals surface area contributed by atoms with Gasteiger partial charge in [0.05, 0.1) is 28.6 Å². The van der Waals surface area contributed by atoms with E-state index in [2.05, 4.69) is 15.0 Å². The van der Waals surface area contributed by atoms with Gasteiger partial charge in [0.15, 0.2) is 0 Å². The Bertz CT molecular complexity index is 1130. The fourth-order valence-corrected chi connectivity index (χ4v) is 4.52. The molecule has 0 unspecified atom stereocenters. The molecule has 0 aliphatic carbocycles. The third kappa shape index (κ3) is 5.79. The lowest BCUT2D eigenvalue weighted by atomic mass is 10.1. The molecule has 0 aliphatic heterocycles. The molecular weight excluding hydrogens is 428 g/mol. The Hall–Kier alpha value is -3.07. The summed E-state index contributed by atoms with van der Waals surface area (Å²) in [7, 11) is -2.42. The highest BCUT2D eigenvalue weighted by Gasteiger charge is 2.18. The summed E-state index contributed by atoms with van der Waals surface area (Å²) in [6, 6.07) is 16.1. The second kappa shape index (κ2) is 10.5. The summed E-state index contributed by atoms with van der Waals surface area (Å²) in [6.45, 7) is 2.39. The Morgan fingerprint density at radius 3 is 2.25 bits per heavy atom. The minimum absolute atomic E-state index is 0.0784. The number of benzene rings is 2. The van der Waals surface area contributed by atoms with E-state index in [4.69, 9.17) is 0 Å². The van der Waals surface area contributed by atoms with Crippen molar-refractivity contribution in [2.75, 3.05) is 13.7 Å². The standard InChI is InChI=1S/C24H26N2O5S/c1-17(26-16-23(27)20-4-3-13-25-15-20)14-18-5-9-21(10-6-18)32(29,30)22-11-7-19(8-12-22)24(28)31-2/h3-13,15,17,23,26-27H,14,16H2,1-2H3/t17-,23+/m1/s1. The van der Waals surface area contributed by atoms with Crippen LogP contribution in [-0.2, 0) is 21.0 Å². The molecule has 7 nitrogen and oxygen atoms in total. The van der Waals surface area contributed by atoms with Crippen LogP contribution in [0.2, 0.25) is 0 Å². The van der Waals surface area contributed by atoms with Crippen molar-refractivity contribution in [3.63, 3.8) is 0 Å². The van der Waals surface area contributed by atoms with E-state index in [0.29, 0.717) is 13.0 Å². The molecule has 0 radical (unpaired) electrons. The molecule has 0 fully saturated rings. The van der Waals surface area contributed by atoms with E-state index in [9.17, 15) is 18.3 Å². The summed E-state index contributed by atoms with van der Waals surface area (Å²) < 4.78 is 30.4. The summed E-state index contributed by atoms with van der Waals surface area (Å²) >= 11 is 0. The van der Waals surface area contributed by atoms with Crippen molar-refractivity contribution >= 4 is 15.8 Å². The quantitative estimate of drug-likeness (QED) is 0.479. The average molecular weight is 455 g/mol. The molecular formula is C24H26N2O5S. The lowest BCUT2D eigenvalue weighted by molar-refractivity contribution is 0.0600. The first-order valence-corrected chi connectivity index (χ1v) is 11.6. The second-order valence-electron chi connectivity index (χ2n) is 7.48. The van der Waals surface area contributed by atoms with Crippen LogP contribution in [0.15, 0.2) is 82.8 Å². The molecule has 1 heterocycles. The molecule has 2 atom stereocenters.